The fourth-order valence-corrected chi connectivity index (χ4v) is 3.38. The van der Waals surface area contributed by atoms with Gasteiger partial charge in [-0.3, -0.25) is 14.9 Å². The highest BCUT2D eigenvalue weighted by Crippen LogP contribution is 2.26. The third kappa shape index (κ3) is 4.43. The van der Waals surface area contributed by atoms with E-state index in [2.05, 4.69) is 10.4 Å². The Morgan fingerprint density at radius 1 is 1.14 bits per heavy atom. The van der Waals surface area contributed by atoms with Crippen molar-refractivity contribution in [3.8, 4) is 11.4 Å². The van der Waals surface area contributed by atoms with Crippen LogP contribution in [0.25, 0.3) is 5.69 Å². The van der Waals surface area contributed by atoms with Crippen LogP contribution in [0.2, 0.25) is 0 Å². The van der Waals surface area contributed by atoms with Crippen LogP contribution in [0.1, 0.15) is 36.2 Å². The van der Waals surface area contributed by atoms with Crippen LogP contribution in [0.15, 0.2) is 60.8 Å². The molecule has 1 fully saturated rings. The number of benzene rings is 2. The summed E-state index contributed by atoms with van der Waals surface area (Å²) in [5.41, 5.74) is 1.29. The molecule has 4 rings (SSSR count). The van der Waals surface area contributed by atoms with E-state index in [1.807, 2.05) is 12.1 Å². The van der Waals surface area contributed by atoms with Crippen LogP contribution < -0.4 is 10.1 Å². The van der Waals surface area contributed by atoms with E-state index in [0.717, 1.165) is 18.6 Å². The van der Waals surface area contributed by atoms with E-state index < -0.39 is 4.92 Å². The molecule has 1 aliphatic rings. The van der Waals surface area contributed by atoms with Crippen LogP contribution >= 0.6 is 0 Å². The van der Waals surface area contributed by atoms with Gasteiger partial charge in [0.05, 0.1) is 16.7 Å². The van der Waals surface area contributed by atoms with Crippen molar-refractivity contribution in [2.45, 2.75) is 31.8 Å². The van der Waals surface area contributed by atoms with Crippen molar-refractivity contribution in [1.29, 1.82) is 0 Å². The molecule has 0 atom stereocenters. The van der Waals surface area contributed by atoms with Crippen molar-refractivity contribution in [2.75, 3.05) is 5.32 Å². The topological polar surface area (TPSA) is 99.3 Å². The van der Waals surface area contributed by atoms with Crippen LogP contribution in [0, 0.1) is 10.1 Å². The molecule has 3 aromatic rings. The summed E-state index contributed by atoms with van der Waals surface area (Å²) in [5.74, 6) is 0.365. The molecule has 8 nitrogen and oxygen atoms in total. The highest BCUT2D eigenvalue weighted by atomic mass is 16.6. The molecule has 0 saturated heterocycles. The molecule has 1 saturated carbocycles. The van der Waals surface area contributed by atoms with Crippen LogP contribution in [-0.4, -0.2) is 26.7 Å². The van der Waals surface area contributed by atoms with Gasteiger partial charge in [0.25, 0.3) is 11.6 Å². The van der Waals surface area contributed by atoms with Crippen LogP contribution in [0.3, 0.4) is 0 Å². The van der Waals surface area contributed by atoms with Crippen LogP contribution in [0.4, 0.5) is 11.4 Å². The van der Waals surface area contributed by atoms with Gasteiger partial charge in [0, 0.05) is 30.1 Å². The second kappa shape index (κ2) is 8.14. The van der Waals surface area contributed by atoms with E-state index >= 15 is 0 Å². The van der Waals surface area contributed by atoms with Gasteiger partial charge in [0.2, 0.25) is 0 Å². The van der Waals surface area contributed by atoms with Crippen LogP contribution in [0.5, 0.6) is 5.75 Å². The Morgan fingerprint density at radius 2 is 1.93 bits per heavy atom. The van der Waals surface area contributed by atoms with Gasteiger partial charge in [0.1, 0.15) is 5.75 Å². The standard InChI is InChI=1S/C21H20N4O4/c26-21(22-15-5-3-10-19(13-15)29-18-8-1-2-9-18)20-11-12-24(23-20)16-6-4-7-17(14-16)25(27)28/h3-7,10-14,18H,1-2,8-9H2,(H,22,26). The van der Waals surface area contributed by atoms with Gasteiger partial charge in [-0.25, -0.2) is 4.68 Å². The third-order valence-corrected chi connectivity index (χ3v) is 4.82. The normalized spacial score (nSPS) is 13.9. The predicted molar refractivity (Wildman–Crippen MR) is 107 cm³/mol. The zero-order valence-corrected chi connectivity index (χ0v) is 15.7. The number of rotatable bonds is 6. The number of ether oxygens (including phenoxy) is 1. The molecule has 0 unspecified atom stereocenters. The minimum Gasteiger partial charge on any atom is -0.490 e. The fourth-order valence-electron chi connectivity index (χ4n) is 3.38. The number of carbonyl (C=O) groups is 1. The molecule has 1 aromatic heterocycles. The minimum atomic E-state index is -0.471. The van der Waals surface area contributed by atoms with E-state index in [-0.39, 0.29) is 23.4 Å². The number of anilines is 1. The average Bonchev–Trinajstić information content (AvgIpc) is 3.40. The molecule has 0 bridgehead atoms. The summed E-state index contributed by atoms with van der Waals surface area (Å²) < 4.78 is 7.40. The van der Waals surface area contributed by atoms with E-state index in [4.69, 9.17) is 4.74 Å². The van der Waals surface area contributed by atoms with E-state index in [1.54, 1.807) is 36.5 Å². The van der Waals surface area contributed by atoms with E-state index in [1.165, 1.54) is 29.7 Å². The van der Waals surface area contributed by atoms with Crippen molar-refractivity contribution in [1.82, 2.24) is 9.78 Å². The first-order valence-corrected chi connectivity index (χ1v) is 9.47. The minimum absolute atomic E-state index is 0.0388. The first kappa shape index (κ1) is 18.7. The number of nitrogens with zero attached hydrogens (tertiary/aromatic N) is 3. The zero-order valence-electron chi connectivity index (χ0n) is 15.7. The predicted octanol–water partition coefficient (Wildman–Crippen LogP) is 4.35. The quantitative estimate of drug-likeness (QED) is 0.496. The summed E-state index contributed by atoms with van der Waals surface area (Å²) in [6.45, 7) is 0. The van der Waals surface area contributed by atoms with Gasteiger partial charge < -0.3 is 10.1 Å². The molecular formula is C21H20N4O4. The molecule has 1 N–H and O–H groups in total. The molecule has 0 spiro atoms. The summed E-state index contributed by atoms with van der Waals surface area (Å²) in [7, 11) is 0. The van der Waals surface area contributed by atoms with Gasteiger partial charge in [-0.2, -0.15) is 5.10 Å². The lowest BCUT2D eigenvalue weighted by atomic mass is 10.2. The summed E-state index contributed by atoms with van der Waals surface area (Å²) in [4.78, 5) is 23.0. The molecule has 148 valence electrons. The number of hydrogen-bond donors (Lipinski definition) is 1. The second-order valence-corrected chi connectivity index (χ2v) is 6.93. The van der Waals surface area contributed by atoms with Crippen molar-refractivity contribution in [3.05, 3.63) is 76.6 Å². The summed E-state index contributed by atoms with van der Waals surface area (Å²) in [6.07, 6.45) is 6.33. The Bertz CT molecular complexity index is 1040. The van der Waals surface area contributed by atoms with Crippen molar-refractivity contribution in [3.63, 3.8) is 0 Å². The molecule has 29 heavy (non-hydrogen) atoms. The number of hydrogen-bond acceptors (Lipinski definition) is 5. The Hall–Kier alpha value is -3.68. The lowest BCUT2D eigenvalue weighted by Gasteiger charge is -2.14. The molecule has 1 amide bonds. The van der Waals surface area contributed by atoms with Crippen molar-refractivity contribution in [2.24, 2.45) is 0 Å². The van der Waals surface area contributed by atoms with Gasteiger partial charge in [-0.15, -0.1) is 0 Å². The van der Waals surface area contributed by atoms with E-state index in [0.29, 0.717) is 11.4 Å². The molecule has 2 aromatic carbocycles. The molecular weight excluding hydrogens is 372 g/mol. The monoisotopic (exact) mass is 392 g/mol. The SMILES string of the molecule is O=C(Nc1cccc(OC2CCCC2)c1)c1ccn(-c2cccc([N+](=O)[O-])c2)n1. The number of aromatic nitrogens is 2. The first-order valence-electron chi connectivity index (χ1n) is 9.47. The highest BCUT2D eigenvalue weighted by Gasteiger charge is 2.17. The van der Waals surface area contributed by atoms with Crippen molar-refractivity contribution >= 4 is 17.3 Å². The van der Waals surface area contributed by atoms with Gasteiger partial charge >= 0.3 is 0 Å². The first-order chi connectivity index (χ1) is 14.1. The second-order valence-electron chi connectivity index (χ2n) is 6.93. The van der Waals surface area contributed by atoms with Gasteiger partial charge in [-0.1, -0.05) is 12.1 Å². The molecule has 1 aliphatic carbocycles. The number of nitro benzene ring substituents is 1. The highest BCUT2D eigenvalue weighted by molar-refractivity contribution is 6.02. The Kier molecular flexibility index (Phi) is 5.24. The molecule has 1 heterocycles. The smallest absolute Gasteiger partial charge is 0.276 e. The Labute approximate surface area is 167 Å². The maximum atomic E-state index is 12.6. The maximum Gasteiger partial charge on any atom is 0.276 e. The number of non-ortho nitro benzene ring substituents is 1. The maximum absolute atomic E-state index is 12.6. The number of nitrogens with one attached hydrogen (secondary N) is 1. The largest absolute Gasteiger partial charge is 0.490 e. The molecule has 8 heteroatoms. The number of carbonyl (C=O) groups excluding carboxylic acids is 1. The van der Waals surface area contributed by atoms with E-state index in [9.17, 15) is 14.9 Å². The third-order valence-electron chi connectivity index (χ3n) is 4.82. The summed E-state index contributed by atoms with van der Waals surface area (Å²) in [6, 6.07) is 14.9. The van der Waals surface area contributed by atoms with Crippen molar-refractivity contribution < 1.29 is 14.5 Å². The number of nitro groups is 1. The van der Waals surface area contributed by atoms with Gasteiger partial charge in [-0.05, 0) is 49.9 Å². The van der Waals surface area contributed by atoms with Gasteiger partial charge in [0.15, 0.2) is 5.69 Å². The summed E-state index contributed by atoms with van der Waals surface area (Å²) in [5, 5.41) is 18.0. The zero-order chi connectivity index (χ0) is 20.2. The summed E-state index contributed by atoms with van der Waals surface area (Å²) >= 11 is 0. The average molecular weight is 392 g/mol. The van der Waals surface area contributed by atoms with Crippen LogP contribution in [-0.2, 0) is 0 Å². The number of amides is 1. The molecule has 0 aliphatic heterocycles. The Balaban J connectivity index is 1.45. The lowest BCUT2D eigenvalue weighted by molar-refractivity contribution is -0.384. The lowest BCUT2D eigenvalue weighted by Crippen LogP contribution is -2.14. The fraction of sp³-hybridized carbons (Fsp3) is 0.238. The Morgan fingerprint density at radius 3 is 2.72 bits per heavy atom. The molecule has 0 radical (unpaired) electrons.